The number of carboxylic acid groups (broad SMARTS) is 1. The number of aryl methyl sites for hydroxylation is 1. The minimum atomic E-state index is -1.95. The number of esters is 2. The molecule has 3 rings (SSSR count). The van der Waals surface area contributed by atoms with Crippen LogP contribution in [0.1, 0.15) is 103 Å². The van der Waals surface area contributed by atoms with E-state index >= 15 is 0 Å². The Hall–Kier alpha value is -3.03. The summed E-state index contributed by atoms with van der Waals surface area (Å²) >= 11 is 0. The third kappa shape index (κ3) is 7.34. The van der Waals surface area contributed by atoms with Gasteiger partial charge >= 0.3 is 17.9 Å². The number of hydrogen-bond donors (Lipinski definition) is 1. The predicted octanol–water partition coefficient (Wildman–Crippen LogP) is 5.39. The van der Waals surface area contributed by atoms with Crippen LogP contribution in [-0.2, 0) is 39.9 Å². The van der Waals surface area contributed by atoms with Gasteiger partial charge in [-0.25, -0.2) is 0 Å². The summed E-state index contributed by atoms with van der Waals surface area (Å²) in [4.78, 5) is 63.4. The summed E-state index contributed by atoms with van der Waals surface area (Å²) in [7, 11) is 0. The Morgan fingerprint density at radius 3 is 2.31 bits per heavy atom. The van der Waals surface area contributed by atoms with Gasteiger partial charge in [0.05, 0.1) is 0 Å². The molecule has 2 fully saturated rings. The molecule has 4 atom stereocenters. The monoisotopic (exact) mass is 542 g/mol. The summed E-state index contributed by atoms with van der Waals surface area (Å²) in [6.45, 7) is 3.32. The Morgan fingerprint density at radius 1 is 0.923 bits per heavy atom. The zero-order valence-corrected chi connectivity index (χ0v) is 23.2. The molecule has 2 aliphatic rings. The summed E-state index contributed by atoms with van der Waals surface area (Å²) < 4.78 is 11.4. The molecule has 2 unspecified atom stereocenters. The van der Waals surface area contributed by atoms with Crippen molar-refractivity contribution < 1.29 is 38.6 Å². The molecule has 8 heteroatoms. The maximum absolute atomic E-state index is 13.1. The van der Waals surface area contributed by atoms with Crippen molar-refractivity contribution in [3.8, 4) is 0 Å². The maximum atomic E-state index is 13.1. The van der Waals surface area contributed by atoms with Crippen LogP contribution in [-0.4, -0.2) is 46.8 Å². The topological polar surface area (TPSA) is 124 Å². The van der Waals surface area contributed by atoms with Gasteiger partial charge in [0, 0.05) is 38.0 Å². The maximum Gasteiger partial charge on any atom is 0.321 e. The fourth-order valence-electron chi connectivity index (χ4n) is 6.37. The van der Waals surface area contributed by atoms with E-state index in [1.165, 1.54) is 6.92 Å². The smallest absolute Gasteiger partial charge is 0.321 e. The van der Waals surface area contributed by atoms with E-state index in [1.807, 2.05) is 30.3 Å². The zero-order chi connectivity index (χ0) is 28.5. The van der Waals surface area contributed by atoms with Crippen LogP contribution in [0, 0.1) is 10.8 Å². The molecule has 1 aromatic carbocycles. The second-order valence-corrected chi connectivity index (χ2v) is 11.2. The van der Waals surface area contributed by atoms with Gasteiger partial charge in [0.25, 0.3) is 0 Å². The van der Waals surface area contributed by atoms with E-state index in [-0.39, 0.29) is 25.0 Å². The average molecular weight is 543 g/mol. The molecule has 0 amide bonds. The van der Waals surface area contributed by atoms with Crippen LogP contribution < -0.4 is 0 Å². The number of Topliss-reactive ketones (excluding diaryl/α,β-unsaturated/α-hetero) is 2. The summed E-state index contributed by atoms with van der Waals surface area (Å²) in [6.07, 6.45) is 4.73. The largest absolute Gasteiger partial charge is 0.480 e. The fourth-order valence-corrected chi connectivity index (χ4v) is 6.37. The lowest BCUT2D eigenvalue weighted by atomic mass is 9.65. The highest BCUT2D eigenvalue weighted by molar-refractivity contribution is 6.05. The molecule has 0 spiro atoms. The van der Waals surface area contributed by atoms with Crippen LogP contribution in [0.25, 0.3) is 0 Å². The Labute approximate surface area is 230 Å². The third-order valence-electron chi connectivity index (χ3n) is 8.43. The molecule has 39 heavy (non-hydrogen) atoms. The van der Waals surface area contributed by atoms with E-state index in [1.54, 1.807) is 0 Å². The number of benzene rings is 1. The number of unbranched alkanes of at least 4 members (excludes halogenated alkanes) is 4. The minimum Gasteiger partial charge on any atom is -0.480 e. The highest BCUT2D eigenvalue weighted by Crippen LogP contribution is 2.61. The molecule has 1 N–H and O–H groups in total. The Morgan fingerprint density at radius 2 is 1.64 bits per heavy atom. The quantitative estimate of drug-likeness (QED) is 0.168. The summed E-state index contributed by atoms with van der Waals surface area (Å²) in [5.74, 6) is -2.97. The van der Waals surface area contributed by atoms with Crippen molar-refractivity contribution >= 4 is 29.5 Å². The minimum absolute atomic E-state index is 0.00289. The Balaban J connectivity index is 1.73. The van der Waals surface area contributed by atoms with E-state index < -0.39 is 46.7 Å². The SMILES string of the molecule is CCCCCCCC(=O)O[C@@H]1[C@H](OC(C)=O)C2(CCCC(=O)CCc3ccccc3)CCC(=O)C1(C(=O)O)C2. The molecule has 0 saturated heterocycles. The number of carboxylic acids is 1. The van der Waals surface area contributed by atoms with Gasteiger partial charge in [0.1, 0.15) is 11.9 Å². The molecule has 0 aliphatic heterocycles. The van der Waals surface area contributed by atoms with E-state index in [9.17, 15) is 29.1 Å². The number of hydrogen-bond acceptors (Lipinski definition) is 7. The van der Waals surface area contributed by atoms with Crippen LogP contribution in [0.15, 0.2) is 30.3 Å². The van der Waals surface area contributed by atoms with Crippen LogP contribution in [0.5, 0.6) is 0 Å². The number of rotatable bonds is 16. The summed E-state index contributed by atoms with van der Waals surface area (Å²) in [5.41, 5.74) is -1.72. The van der Waals surface area contributed by atoms with Crippen LogP contribution in [0.3, 0.4) is 0 Å². The molecule has 1 aromatic rings. The number of ketones is 2. The lowest BCUT2D eigenvalue weighted by molar-refractivity contribution is -0.182. The number of fused-ring (bicyclic) bond motifs is 2. The van der Waals surface area contributed by atoms with Gasteiger partial charge in [-0.2, -0.15) is 0 Å². The number of ether oxygens (including phenoxy) is 2. The summed E-state index contributed by atoms with van der Waals surface area (Å²) in [6, 6.07) is 9.75. The van der Waals surface area contributed by atoms with Gasteiger partial charge in [-0.05, 0) is 44.1 Å². The van der Waals surface area contributed by atoms with Gasteiger partial charge < -0.3 is 14.6 Å². The number of aliphatic carboxylic acids is 1. The van der Waals surface area contributed by atoms with Gasteiger partial charge in [-0.3, -0.25) is 24.0 Å². The molecule has 0 heterocycles. The fraction of sp³-hybridized carbons (Fsp3) is 0.645. The van der Waals surface area contributed by atoms with Crippen molar-refractivity contribution in [3.05, 3.63) is 35.9 Å². The van der Waals surface area contributed by atoms with E-state index in [0.29, 0.717) is 44.9 Å². The second-order valence-electron chi connectivity index (χ2n) is 11.2. The molecular weight excluding hydrogens is 500 g/mol. The molecule has 0 aromatic heterocycles. The first-order valence-electron chi connectivity index (χ1n) is 14.3. The first-order chi connectivity index (χ1) is 18.6. The molecule has 0 radical (unpaired) electrons. The van der Waals surface area contributed by atoms with E-state index in [0.717, 1.165) is 31.2 Å². The normalized spacial score (nSPS) is 25.7. The van der Waals surface area contributed by atoms with Gasteiger partial charge in [-0.15, -0.1) is 0 Å². The highest BCUT2D eigenvalue weighted by atomic mass is 16.6. The molecule has 2 saturated carbocycles. The van der Waals surface area contributed by atoms with Crippen molar-refractivity contribution in [1.82, 2.24) is 0 Å². The van der Waals surface area contributed by atoms with Crippen LogP contribution in [0.4, 0.5) is 0 Å². The molecule has 8 nitrogen and oxygen atoms in total. The van der Waals surface area contributed by atoms with Crippen molar-refractivity contribution in [2.75, 3.05) is 0 Å². The van der Waals surface area contributed by atoms with Crippen LogP contribution >= 0.6 is 0 Å². The second kappa shape index (κ2) is 13.9. The van der Waals surface area contributed by atoms with Gasteiger partial charge in [-0.1, -0.05) is 62.9 Å². The lowest BCUT2D eigenvalue weighted by Crippen LogP contribution is -2.50. The van der Waals surface area contributed by atoms with E-state index in [4.69, 9.17) is 9.47 Å². The third-order valence-corrected chi connectivity index (χ3v) is 8.43. The predicted molar refractivity (Wildman–Crippen MR) is 144 cm³/mol. The van der Waals surface area contributed by atoms with Crippen LogP contribution in [0.2, 0.25) is 0 Å². The first-order valence-corrected chi connectivity index (χ1v) is 14.3. The van der Waals surface area contributed by atoms with E-state index in [2.05, 4.69) is 6.92 Å². The van der Waals surface area contributed by atoms with Crippen molar-refractivity contribution in [1.29, 1.82) is 0 Å². The van der Waals surface area contributed by atoms with Gasteiger partial charge in [0.15, 0.2) is 17.3 Å². The molecular formula is C31H42O8. The van der Waals surface area contributed by atoms with Crippen molar-refractivity contribution in [2.24, 2.45) is 10.8 Å². The summed E-state index contributed by atoms with van der Waals surface area (Å²) in [5, 5.41) is 10.3. The van der Waals surface area contributed by atoms with Gasteiger partial charge in [0.2, 0.25) is 0 Å². The molecule has 214 valence electrons. The zero-order valence-electron chi connectivity index (χ0n) is 23.2. The first kappa shape index (κ1) is 30.5. The van der Waals surface area contributed by atoms with Crippen molar-refractivity contribution in [3.63, 3.8) is 0 Å². The Bertz CT molecular complexity index is 1030. The average Bonchev–Trinajstić information content (AvgIpc) is 3.12. The lowest BCUT2D eigenvalue weighted by Gasteiger charge is -2.37. The number of carbonyl (C=O) groups is 5. The number of carbonyl (C=O) groups excluding carboxylic acids is 4. The molecule has 2 aliphatic carbocycles. The standard InChI is InChI=1S/C31H42O8/c1-3-4-5-6-10-15-26(35)39-28-27(38-22(2)32)30(20-18-25(34)31(28,21-30)29(36)37)19-11-14-24(33)17-16-23-12-8-7-9-13-23/h7-9,12-13,27-28H,3-6,10-11,14-21H2,1-2H3,(H,36,37)/t27-,28+,30?,31?/m0/s1. The molecule has 2 bridgehead atoms. The Kier molecular flexibility index (Phi) is 10.8. The highest BCUT2D eigenvalue weighted by Gasteiger charge is 2.73. The van der Waals surface area contributed by atoms with Crippen molar-refractivity contribution in [2.45, 2.75) is 116 Å².